The third-order valence-corrected chi connectivity index (χ3v) is 15.9. The third-order valence-electron chi connectivity index (χ3n) is 15.9. The molecule has 6 fully saturated rings. The van der Waals surface area contributed by atoms with E-state index in [1.54, 1.807) is 11.1 Å². The van der Waals surface area contributed by atoms with Crippen molar-refractivity contribution >= 4 is 0 Å². The summed E-state index contributed by atoms with van der Waals surface area (Å²) in [6, 6.07) is 27.9. The van der Waals surface area contributed by atoms with Gasteiger partial charge in [0.15, 0.2) is 0 Å². The van der Waals surface area contributed by atoms with E-state index in [0.29, 0.717) is 0 Å². The molecule has 9 rings (SSSR count). The van der Waals surface area contributed by atoms with Crippen molar-refractivity contribution in [2.75, 3.05) is 118 Å². The average Bonchev–Trinajstić information content (AvgIpc) is 4.20. The highest BCUT2D eigenvalue weighted by atomic mass is 15.2. The van der Waals surface area contributed by atoms with Gasteiger partial charge in [0, 0.05) is 0 Å². The summed E-state index contributed by atoms with van der Waals surface area (Å²) < 4.78 is 0. The molecular formula is C60H96N6. The number of nitrogens with zero attached hydrogens (tertiary/aromatic N) is 6. The number of likely N-dealkylation sites (tertiary alicyclic amines) is 6. The molecule has 0 N–H and O–H groups in total. The lowest BCUT2D eigenvalue weighted by atomic mass is 9.99. The van der Waals surface area contributed by atoms with Gasteiger partial charge in [0.25, 0.3) is 0 Å². The van der Waals surface area contributed by atoms with Gasteiger partial charge in [0.2, 0.25) is 0 Å². The smallest absolute Gasteiger partial charge is 0.00156 e. The summed E-state index contributed by atoms with van der Waals surface area (Å²) in [6.45, 7) is 23.7. The monoisotopic (exact) mass is 901 g/mol. The molecule has 6 nitrogen and oxygen atoms in total. The van der Waals surface area contributed by atoms with Gasteiger partial charge in [-0.15, -0.1) is 0 Å². The predicted molar refractivity (Wildman–Crippen MR) is 283 cm³/mol. The number of rotatable bonds is 24. The Hall–Kier alpha value is -2.58. The molecule has 0 spiro atoms. The molecule has 0 unspecified atom stereocenters. The van der Waals surface area contributed by atoms with Crippen LogP contribution in [0.25, 0.3) is 0 Å². The molecule has 0 atom stereocenters. The van der Waals surface area contributed by atoms with Gasteiger partial charge in [-0.1, -0.05) is 72.8 Å². The van der Waals surface area contributed by atoms with Crippen LogP contribution in [0.1, 0.15) is 149 Å². The van der Waals surface area contributed by atoms with Crippen LogP contribution in [0, 0.1) is 0 Å². The van der Waals surface area contributed by atoms with Crippen molar-refractivity contribution in [3.63, 3.8) is 0 Å². The van der Waals surface area contributed by atoms with Crippen LogP contribution >= 0.6 is 0 Å². The topological polar surface area (TPSA) is 19.4 Å². The van der Waals surface area contributed by atoms with Crippen LogP contribution < -0.4 is 0 Å². The van der Waals surface area contributed by atoms with Gasteiger partial charge >= 0.3 is 0 Å². The zero-order chi connectivity index (χ0) is 45.1. The zero-order valence-electron chi connectivity index (χ0n) is 42.3. The van der Waals surface area contributed by atoms with Crippen molar-refractivity contribution in [1.29, 1.82) is 0 Å². The standard InChI is InChI=1S/3C20H32N2/c1-2-13-21(12-1)16-6-10-19-8-5-9-20(18-19)11-7-17-22-14-3-4-15-22;1-2-14-21(13-1)17-5-7-19-9-11-20(12-10-19)8-6-18-22-15-3-4-16-22;1-2-10-20(12-8-18-22-15-5-6-16-22)19(9-1)11-7-17-21-13-3-4-14-21/h5,8-9,18H,1-4,6-7,10-17H2;9-12H,1-8,13-18H2;1-2,9-10H,3-8,11-18H2. The van der Waals surface area contributed by atoms with Crippen LogP contribution in [0.5, 0.6) is 0 Å². The fourth-order valence-corrected chi connectivity index (χ4v) is 11.9. The summed E-state index contributed by atoms with van der Waals surface area (Å²) >= 11 is 0. The van der Waals surface area contributed by atoms with E-state index in [4.69, 9.17) is 0 Å². The summed E-state index contributed by atoms with van der Waals surface area (Å²) in [4.78, 5) is 15.8. The molecule has 0 aliphatic carbocycles. The lowest BCUT2D eigenvalue weighted by molar-refractivity contribution is 0.332. The minimum absolute atomic E-state index is 1.24. The second-order valence-corrected chi connectivity index (χ2v) is 21.3. The Morgan fingerprint density at radius 3 is 0.758 bits per heavy atom. The van der Waals surface area contributed by atoms with E-state index >= 15 is 0 Å². The van der Waals surface area contributed by atoms with Crippen molar-refractivity contribution in [2.45, 2.75) is 154 Å². The first-order valence-corrected chi connectivity index (χ1v) is 28.3. The van der Waals surface area contributed by atoms with Crippen LogP contribution in [-0.4, -0.2) is 147 Å². The molecule has 3 aromatic rings. The zero-order valence-corrected chi connectivity index (χ0v) is 42.3. The van der Waals surface area contributed by atoms with Crippen molar-refractivity contribution in [2.24, 2.45) is 0 Å². The van der Waals surface area contributed by atoms with E-state index < -0.39 is 0 Å². The van der Waals surface area contributed by atoms with E-state index in [0.717, 1.165) is 0 Å². The fraction of sp³-hybridized carbons (Fsp3) is 0.700. The summed E-state index contributed by atoms with van der Waals surface area (Å²) in [6.07, 6.45) is 32.3. The SMILES string of the molecule is c1cc(CCCN2CCCC2)cc(CCCN2CCCC2)c1.c1cc(CCCN2CCCC2)ccc1CCCN1CCCC1.c1ccc(CCCN2CCCC2)c(CCCN2CCCC2)c1. The van der Waals surface area contributed by atoms with Crippen molar-refractivity contribution in [3.8, 4) is 0 Å². The molecule has 366 valence electrons. The molecule has 3 aromatic carbocycles. The maximum absolute atomic E-state index is 2.63. The number of benzene rings is 3. The minimum Gasteiger partial charge on any atom is -0.303 e. The fourth-order valence-electron chi connectivity index (χ4n) is 11.9. The second-order valence-electron chi connectivity index (χ2n) is 21.3. The lowest BCUT2D eigenvalue weighted by Crippen LogP contribution is -2.21. The summed E-state index contributed by atoms with van der Waals surface area (Å²) in [7, 11) is 0. The molecule has 6 heterocycles. The maximum Gasteiger partial charge on any atom is -0.00156 e. The van der Waals surface area contributed by atoms with Crippen LogP contribution in [-0.2, 0) is 38.5 Å². The summed E-state index contributed by atoms with van der Waals surface area (Å²) in [5.41, 5.74) is 9.31. The Bertz CT molecular complexity index is 1550. The Balaban J connectivity index is 0.000000147. The molecule has 0 bridgehead atoms. The molecule has 0 radical (unpaired) electrons. The molecule has 6 heteroatoms. The summed E-state index contributed by atoms with van der Waals surface area (Å²) in [5, 5.41) is 0. The first kappa shape index (κ1) is 51.3. The molecule has 66 heavy (non-hydrogen) atoms. The predicted octanol–water partition coefficient (Wildman–Crippen LogP) is 11.2. The van der Waals surface area contributed by atoms with Gasteiger partial charge < -0.3 is 29.4 Å². The largest absolute Gasteiger partial charge is 0.303 e. The molecule has 6 saturated heterocycles. The third kappa shape index (κ3) is 19.8. The van der Waals surface area contributed by atoms with E-state index in [9.17, 15) is 0 Å². The van der Waals surface area contributed by atoms with Gasteiger partial charge in [-0.3, -0.25) is 0 Å². The second kappa shape index (κ2) is 30.8. The van der Waals surface area contributed by atoms with E-state index in [-0.39, 0.29) is 0 Å². The highest BCUT2D eigenvalue weighted by Gasteiger charge is 2.15. The first-order valence-electron chi connectivity index (χ1n) is 28.3. The van der Waals surface area contributed by atoms with E-state index in [2.05, 4.69) is 102 Å². The number of hydrogen-bond acceptors (Lipinski definition) is 6. The van der Waals surface area contributed by atoms with Gasteiger partial charge in [0.1, 0.15) is 0 Å². The van der Waals surface area contributed by atoms with Crippen LogP contribution in [0.15, 0.2) is 72.8 Å². The minimum atomic E-state index is 1.24. The Morgan fingerprint density at radius 2 is 0.485 bits per heavy atom. The number of aryl methyl sites for hydroxylation is 6. The molecule has 6 aliphatic heterocycles. The molecule has 0 amide bonds. The molecule has 0 saturated carbocycles. The van der Waals surface area contributed by atoms with Crippen LogP contribution in [0.3, 0.4) is 0 Å². The average molecular weight is 901 g/mol. The van der Waals surface area contributed by atoms with Crippen LogP contribution in [0.4, 0.5) is 0 Å². The first-order chi connectivity index (χ1) is 32.7. The highest BCUT2D eigenvalue weighted by molar-refractivity contribution is 5.28. The molecule has 6 aliphatic rings. The van der Waals surface area contributed by atoms with Crippen LogP contribution in [0.2, 0.25) is 0 Å². The number of hydrogen-bond donors (Lipinski definition) is 0. The summed E-state index contributed by atoms with van der Waals surface area (Å²) in [5.74, 6) is 0. The Labute approximate surface area is 405 Å². The van der Waals surface area contributed by atoms with Crippen molar-refractivity contribution in [1.82, 2.24) is 29.4 Å². The quantitative estimate of drug-likeness (QED) is 0.0886. The van der Waals surface area contributed by atoms with Crippen molar-refractivity contribution < 1.29 is 0 Å². The van der Waals surface area contributed by atoms with Gasteiger partial charge in [-0.25, -0.2) is 0 Å². The maximum atomic E-state index is 2.63. The van der Waals surface area contributed by atoms with Gasteiger partial charge in [0.05, 0.1) is 0 Å². The van der Waals surface area contributed by atoms with Crippen molar-refractivity contribution in [3.05, 3.63) is 106 Å². The highest BCUT2D eigenvalue weighted by Crippen LogP contribution is 2.19. The molecule has 0 aromatic heterocycles. The lowest BCUT2D eigenvalue weighted by Gasteiger charge is -2.16. The van der Waals surface area contributed by atoms with Gasteiger partial charge in [-0.05, 0) is 305 Å². The van der Waals surface area contributed by atoms with Gasteiger partial charge in [-0.2, -0.15) is 0 Å². The molecular weight excluding hydrogens is 805 g/mol. The van der Waals surface area contributed by atoms with E-state index in [1.165, 1.54) is 294 Å². The Morgan fingerprint density at radius 1 is 0.242 bits per heavy atom. The normalized spacial score (nSPS) is 20.0. The van der Waals surface area contributed by atoms with E-state index in [1.807, 2.05) is 0 Å². The Kier molecular flexibility index (Phi) is 23.9.